The van der Waals surface area contributed by atoms with Crippen LogP contribution in [0.1, 0.15) is 6.42 Å². The van der Waals surface area contributed by atoms with Gasteiger partial charge in [0.2, 0.25) is 0 Å². The molecular formula is C12H12ClN3O4. The highest BCUT2D eigenvalue weighted by atomic mass is 35.5. The van der Waals surface area contributed by atoms with Crippen LogP contribution in [0.2, 0.25) is 5.02 Å². The topological polar surface area (TPSA) is 96.5 Å². The maximum atomic E-state index is 11.7. The van der Waals surface area contributed by atoms with Crippen molar-refractivity contribution in [2.24, 2.45) is 0 Å². The van der Waals surface area contributed by atoms with E-state index in [9.17, 15) is 14.9 Å². The lowest BCUT2D eigenvalue weighted by Gasteiger charge is -2.16. The minimum Gasteiger partial charge on any atom is -0.482 e. The number of benzene rings is 1. The monoisotopic (exact) mass is 297 g/mol. The second-order valence-corrected chi connectivity index (χ2v) is 4.29. The zero-order valence-corrected chi connectivity index (χ0v) is 11.5. The molecule has 0 fully saturated rings. The highest BCUT2D eigenvalue weighted by molar-refractivity contribution is 6.32. The Labute approximate surface area is 120 Å². The Balaban J connectivity index is 2.65. The van der Waals surface area contributed by atoms with Crippen LogP contribution in [0.3, 0.4) is 0 Å². The minimum atomic E-state index is -0.579. The molecule has 0 saturated carbocycles. The largest absolute Gasteiger partial charge is 0.482 e. The molecule has 106 valence electrons. The quantitative estimate of drug-likeness (QED) is 0.591. The SMILES string of the molecule is CN(CCC#N)C(=O)COc1cc([N+](=O)[O-])ccc1Cl. The Kier molecular flexibility index (Phi) is 5.74. The fraction of sp³-hybridized carbons (Fsp3) is 0.333. The third-order valence-corrected chi connectivity index (χ3v) is 2.77. The average Bonchev–Trinajstić information content (AvgIpc) is 2.43. The number of nitro benzene ring substituents is 1. The van der Waals surface area contributed by atoms with E-state index >= 15 is 0 Å². The maximum Gasteiger partial charge on any atom is 0.273 e. The van der Waals surface area contributed by atoms with Gasteiger partial charge in [-0.25, -0.2) is 0 Å². The fourth-order valence-corrected chi connectivity index (χ4v) is 1.48. The smallest absolute Gasteiger partial charge is 0.273 e. The van der Waals surface area contributed by atoms with Gasteiger partial charge in [-0.1, -0.05) is 11.6 Å². The summed E-state index contributed by atoms with van der Waals surface area (Å²) in [6.45, 7) is -0.00974. The van der Waals surface area contributed by atoms with Crippen LogP contribution >= 0.6 is 11.6 Å². The summed E-state index contributed by atoms with van der Waals surface area (Å²) in [6, 6.07) is 5.66. The Hall–Kier alpha value is -2.33. The molecule has 0 saturated heterocycles. The number of nitrogens with zero attached hydrogens (tertiary/aromatic N) is 3. The van der Waals surface area contributed by atoms with Gasteiger partial charge in [0.25, 0.3) is 11.6 Å². The van der Waals surface area contributed by atoms with Crippen LogP contribution in [0.4, 0.5) is 5.69 Å². The number of hydrogen-bond donors (Lipinski definition) is 0. The van der Waals surface area contributed by atoms with Gasteiger partial charge < -0.3 is 9.64 Å². The molecule has 7 nitrogen and oxygen atoms in total. The summed E-state index contributed by atoms with van der Waals surface area (Å²) in [5, 5.41) is 19.2. The van der Waals surface area contributed by atoms with Gasteiger partial charge in [-0.3, -0.25) is 14.9 Å². The van der Waals surface area contributed by atoms with Crippen molar-refractivity contribution in [1.29, 1.82) is 5.26 Å². The summed E-state index contributed by atoms with van der Waals surface area (Å²) in [6.07, 6.45) is 0.222. The van der Waals surface area contributed by atoms with E-state index in [1.165, 1.54) is 24.1 Å². The predicted octanol–water partition coefficient (Wildman–Crippen LogP) is 2.00. The molecule has 1 rings (SSSR count). The van der Waals surface area contributed by atoms with E-state index in [-0.39, 0.29) is 35.4 Å². The molecular weight excluding hydrogens is 286 g/mol. The van der Waals surface area contributed by atoms with Crippen molar-refractivity contribution in [3.63, 3.8) is 0 Å². The number of non-ortho nitro benzene ring substituents is 1. The third kappa shape index (κ3) is 4.40. The van der Waals surface area contributed by atoms with Crippen molar-refractivity contribution in [2.75, 3.05) is 20.2 Å². The van der Waals surface area contributed by atoms with Crippen molar-refractivity contribution >= 4 is 23.2 Å². The molecule has 1 aromatic carbocycles. The van der Waals surface area contributed by atoms with Gasteiger partial charge in [-0.2, -0.15) is 5.26 Å². The first-order valence-corrected chi connectivity index (χ1v) is 6.01. The predicted molar refractivity (Wildman–Crippen MR) is 71.5 cm³/mol. The first kappa shape index (κ1) is 15.7. The third-order valence-electron chi connectivity index (χ3n) is 2.46. The van der Waals surface area contributed by atoms with E-state index in [4.69, 9.17) is 21.6 Å². The molecule has 8 heteroatoms. The summed E-state index contributed by atoms with van der Waals surface area (Å²) in [5.74, 6) is -0.272. The number of ether oxygens (including phenoxy) is 1. The number of nitriles is 1. The number of amides is 1. The van der Waals surface area contributed by atoms with Gasteiger partial charge in [0.1, 0.15) is 5.75 Å². The summed E-state index contributed by atoms with van der Waals surface area (Å²) in [5.41, 5.74) is -0.172. The van der Waals surface area contributed by atoms with E-state index in [2.05, 4.69) is 0 Å². The van der Waals surface area contributed by atoms with Crippen LogP contribution in [-0.4, -0.2) is 35.9 Å². The van der Waals surface area contributed by atoms with Gasteiger partial charge >= 0.3 is 0 Å². The Bertz CT molecular complexity index is 556. The van der Waals surface area contributed by atoms with Gasteiger partial charge in [0, 0.05) is 19.7 Å². The molecule has 0 aliphatic heterocycles. The van der Waals surface area contributed by atoms with Crippen molar-refractivity contribution in [3.05, 3.63) is 33.3 Å². The van der Waals surface area contributed by atoms with Crippen LogP contribution < -0.4 is 4.74 Å². The first-order valence-electron chi connectivity index (χ1n) is 5.63. The second kappa shape index (κ2) is 7.31. The van der Waals surface area contributed by atoms with Crippen LogP contribution in [0, 0.1) is 21.4 Å². The lowest BCUT2D eigenvalue weighted by atomic mass is 10.3. The fourth-order valence-electron chi connectivity index (χ4n) is 1.31. The number of nitro groups is 1. The molecule has 0 unspecified atom stereocenters. The molecule has 1 amide bonds. The van der Waals surface area contributed by atoms with E-state index < -0.39 is 4.92 Å². The molecule has 20 heavy (non-hydrogen) atoms. The first-order chi connectivity index (χ1) is 9.45. The Morgan fingerprint density at radius 2 is 2.30 bits per heavy atom. The molecule has 0 atom stereocenters. The van der Waals surface area contributed by atoms with E-state index in [1.807, 2.05) is 6.07 Å². The number of hydrogen-bond acceptors (Lipinski definition) is 5. The minimum absolute atomic E-state index is 0.0721. The average molecular weight is 298 g/mol. The van der Waals surface area contributed by atoms with Crippen molar-refractivity contribution in [3.8, 4) is 11.8 Å². The molecule has 0 radical (unpaired) electrons. The lowest BCUT2D eigenvalue weighted by Crippen LogP contribution is -2.32. The molecule has 0 aliphatic rings. The Morgan fingerprint density at radius 1 is 1.60 bits per heavy atom. The molecule has 0 aromatic heterocycles. The number of halogens is 1. The molecule has 0 N–H and O–H groups in total. The molecule has 0 aliphatic carbocycles. The van der Waals surface area contributed by atoms with Crippen LogP contribution in [-0.2, 0) is 4.79 Å². The number of rotatable bonds is 6. The summed E-state index contributed by atoms with van der Waals surface area (Å²) >= 11 is 5.83. The second-order valence-electron chi connectivity index (χ2n) is 3.88. The zero-order chi connectivity index (χ0) is 15.1. The van der Waals surface area contributed by atoms with Gasteiger partial charge in [0.15, 0.2) is 6.61 Å². The van der Waals surface area contributed by atoms with E-state index in [0.717, 1.165) is 6.07 Å². The van der Waals surface area contributed by atoms with Crippen molar-refractivity contribution in [1.82, 2.24) is 4.90 Å². The normalized spacial score (nSPS) is 9.65. The van der Waals surface area contributed by atoms with Crippen LogP contribution in [0.5, 0.6) is 5.75 Å². The van der Waals surface area contributed by atoms with Crippen molar-refractivity contribution in [2.45, 2.75) is 6.42 Å². The maximum absolute atomic E-state index is 11.7. The Morgan fingerprint density at radius 3 is 2.90 bits per heavy atom. The van der Waals surface area contributed by atoms with Crippen molar-refractivity contribution < 1.29 is 14.5 Å². The molecule has 0 bridgehead atoms. The molecule has 0 spiro atoms. The lowest BCUT2D eigenvalue weighted by molar-refractivity contribution is -0.384. The summed E-state index contributed by atoms with van der Waals surface area (Å²) < 4.78 is 5.18. The highest BCUT2D eigenvalue weighted by Crippen LogP contribution is 2.28. The van der Waals surface area contributed by atoms with Crippen LogP contribution in [0.25, 0.3) is 0 Å². The van der Waals surface area contributed by atoms with Gasteiger partial charge in [0.05, 0.1) is 28.5 Å². The zero-order valence-electron chi connectivity index (χ0n) is 10.7. The summed E-state index contributed by atoms with van der Waals surface area (Å²) in [4.78, 5) is 23.1. The highest BCUT2D eigenvalue weighted by Gasteiger charge is 2.14. The van der Waals surface area contributed by atoms with E-state index in [1.54, 1.807) is 0 Å². The number of carbonyl (C=O) groups excluding carboxylic acids is 1. The molecule has 1 aromatic rings. The van der Waals surface area contributed by atoms with Gasteiger partial charge in [-0.15, -0.1) is 0 Å². The number of likely N-dealkylation sites (N-methyl/N-ethyl adjacent to an activating group) is 1. The van der Waals surface area contributed by atoms with Crippen LogP contribution in [0.15, 0.2) is 18.2 Å². The van der Waals surface area contributed by atoms with Gasteiger partial charge in [-0.05, 0) is 6.07 Å². The molecule has 0 heterocycles. The standard InChI is InChI=1S/C12H12ClN3O4/c1-15(6-2-5-14)12(17)8-20-11-7-9(16(18)19)3-4-10(11)13/h3-4,7H,2,6,8H2,1H3. The number of carbonyl (C=O) groups is 1. The van der Waals surface area contributed by atoms with E-state index in [0.29, 0.717) is 6.54 Å². The summed E-state index contributed by atoms with van der Waals surface area (Å²) in [7, 11) is 1.54.